The number of likely N-dealkylation sites (N-methyl/N-ethyl adjacent to an activating group) is 1. The van der Waals surface area contributed by atoms with Crippen molar-refractivity contribution < 1.29 is 9.59 Å². The van der Waals surface area contributed by atoms with Crippen LogP contribution in [-0.4, -0.2) is 50.8 Å². The van der Waals surface area contributed by atoms with E-state index in [1.807, 2.05) is 35.8 Å². The molecule has 0 saturated carbocycles. The summed E-state index contributed by atoms with van der Waals surface area (Å²) in [4.78, 5) is 26.1. The van der Waals surface area contributed by atoms with Gasteiger partial charge in [0.25, 0.3) is 0 Å². The van der Waals surface area contributed by atoms with Gasteiger partial charge < -0.3 is 10.2 Å². The van der Waals surface area contributed by atoms with Crippen molar-refractivity contribution in [3.63, 3.8) is 0 Å². The molecule has 0 aliphatic carbocycles. The highest BCUT2D eigenvalue weighted by molar-refractivity contribution is 7.99. The lowest BCUT2D eigenvalue weighted by atomic mass is 10.2. The van der Waals surface area contributed by atoms with Crippen LogP contribution in [0.1, 0.15) is 11.1 Å². The molecule has 0 saturated heterocycles. The van der Waals surface area contributed by atoms with E-state index in [1.165, 1.54) is 16.7 Å². The molecule has 2 aromatic carbocycles. The fourth-order valence-electron chi connectivity index (χ4n) is 2.63. The molecule has 0 aliphatic heterocycles. The number of rotatable bonds is 7. The Bertz CT molecular complexity index is 1090. The van der Waals surface area contributed by atoms with E-state index in [-0.39, 0.29) is 24.1 Å². The van der Waals surface area contributed by atoms with Gasteiger partial charge in [-0.3, -0.25) is 14.2 Å². The van der Waals surface area contributed by atoms with E-state index >= 15 is 0 Å². The Labute approximate surface area is 179 Å². The summed E-state index contributed by atoms with van der Waals surface area (Å²) in [6.45, 7) is 1.95. The first-order valence-corrected chi connectivity index (χ1v) is 10.1. The molecule has 7 nitrogen and oxygen atoms in total. The van der Waals surface area contributed by atoms with E-state index in [9.17, 15) is 9.59 Å². The van der Waals surface area contributed by atoms with Crippen LogP contribution in [0.5, 0.6) is 0 Å². The van der Waals surface area contributed by atoms with E-state index in [0.29, 0.717) is 16.4 Å². The summed E-state index contributed by atoms with van der Waals surface area (Å²) in [5.41, 5.74) is 3.34. The van der Waals surface area contributed by atoms with Crippen LogP contribution >= 0.6 is 11.8 Å². The summed E-state index contributed by atoms with van der Waals surface area (Å²) < 4.78 is 1.82. The van der Waals surface area contributed by atoms with Crippen molar-refractivity contribution in [3.8, 4) is 18.0 Å². The number of thioether (sulfide) groups is 1. The third-order valence-electron chi connectivity index (χ3n) is 4.27. The van der Waals surface area contributed by atoms with E-state index in [4.69, 9.17) is 6.42 Å². The van der Waals surface area contributed by atoms with Crippen LogP contribution in [0.4, 0.5) is 5.69 Å². The summed E-state index contributed by atoms with van der Waals surface area (Å²) in [6.07, 6.45) is 6.98. The number of carbonyl (C=O) groups is 2. The smallest absolute Gasteiger partial charge is 0.243 e. The molecule has 0 fully saturated rings. The van der Waals surface area contributed by atoms with E-state index in [2.05, 4.69) is 21.4 Å². The molecule has 2 amide bonds. The van der Waals surface area contributed by atoms with E-state index in [0.717, 1.165) is 11.3 Å². The summed E-state index contributed by atoms with van der Waals surface area (Å²) in [6, 6.07) is 14.9. The predicted octanol–water partition coefficient (Wildman–Crippen LogP) is 2.75. The van der Waals surface area contributed by atoms with Crippen LogP contribution in [0.25, 0.3) is 5.69 Å². The number of benzene rings is 2. The zero-order valence-electron chi connectivity index (χ0n) is 16.7. The number of amides is 2. The molecule has 1 aromatic heterocycles. The fourth-order valence-corrected chi connectivity index (χ4v) is 3.50. The van der Waals surface area contributed by atoms with Crippen molar-refractivity contribution in [1.29, 1.82) is 0 Å². The molecule has 0 atom stereocenters. The molecule has 3 aromatic rings. The average Bonchev–Trinajstić information content (AvgIpc) is 3.21. The zero-order chi connectivity index (χ0) is 21.5. The summed E-state index contributed by atoms with van der Waals surface area (Å²) in [5.74, 6) is 2.17. The van der Waals surface area contributed by atoms with Crippen LogP contribution < -0.4 is 5.32 Å². The number of anilines is 1. The predicted molar refractivity (Wildman–Crippen MR) is 117 cm³/mol. The Morgan fingerprint density at radius 2 is 2.00 bits per heavy atom. The monoisotopic (exact) mass is 419 g/mol. The van der Waals surface area contributed by atoms with Gasteiger partial charge in [-0.1, -0.05) is 41.4 Å². The van der Waals surface area contributed by atoms with Crippen molar-refractivity contribution in [1.82, 2.24) is 19.7 Å². The van der Waals surface area contributed by atoms with Gasteiger partial charge in [0, 0.05) is 24.0 Å². The second-order valence-electron chi connectivity index (χ2n) is 6.63. The normalized spacial score (nSPS) is 10.3. The average molecular weight is 420 g/mol. The lowest BCUT2D eigenvalue weighted by Gasteiger charge is -2.16. The molecular formula is C22H21N5O2S. The minimum Gasteiger partial charge on any atom is -0.336 e. The highest BCUT2D eigenvalue weighted by Crippen LogP contribution is 2.20. The van der Waals surface area contributed by atoms with Gasteiger partial charge in [0.15, 0.2) is 5.16 Å². The summed E-state index contributed by atoms with van der Waals surface area (Å²) in [7, 11) is 1.59. The third kappa shape index (κ3) is 5.49. The van der Waals surface area contributed by atoms with Crippen molar-refractivity contribution in [3.05, 3.63) is 66.0 Å². The maximum absolute atomic E-state index is 12.5. The Morgan fingerprint density at radius 3 is 2.73 bits per heavy atom. The Hall–Kier alpha value is -3.57. The molecule has 30 heavy (non-hydrogen) atoms. The third-order valence-corrected chi connectivity index (χ3v) is 5.20. The van der Waals surface area contributed by atoms with Gasteiger partial charge in [-0.15, -0.1) is 16.6 Å². The maximum Gasteiger partial charge on any atom is 0.243 e. The van der Waals surface area contributed by atoms with Crippen LogP contribution in [0, 0.1) is 19.3 Å². The van der Waals surface area contributed by atoms with Crippen LogP contribution in [0.3, 0.4) is 0 Å². The number of hydrogen-bond acceptors (Lipinski definition) is 5. The van der Waals surface area contributed by atoms with Gasteiger partial charge in [-0.2, -0.15) is 0 Å². The van der Waals surface area contributed by atoms with Crippen molar-refractivity contribution in [2.45, 2.75) is 12.1 Å². The molecule has 152 valence electrons. The molecule has 0 aliphatic rings. The number of terminal acetylenes is 1. The summed E-state index contributed by atoms with van der Waals surface area (Å²) in [5, 5.41) is 11.4. The minimum atomic E-state index is -0.298. The number of aryl methyl sites for hydroxylation is 1. The Balaban J connectivity index is 1.54. The van der Waals surface area contributed by atoms with Gasteiger partial charge in [-0.25, -0.2) is 0 Å². The second-order valence-corrected chi connectivity index (χ2v) is 7.57. The van der Waals surface area contributed by atoms with Crippen LogP contribution in [-0.2, 0) is 9.59 Å². The minimum absolute atomic E-state index is 0.0652. The van der Waals surface area contributed by atoms with E-state index in [1.54, 1.807) is 37.6 Å². The maximum atomic E-state index is 12.5. The van der Waals surface area contributed by atoms with Crippen molar-refractivity contribution in [2.24, 2.45) is 0 Å². The van der Waals surface area contributed by atoms with Crippen molar-refractivity contribution in [2.75, 3.05) is 24.7 Å². The fraction of sp³-hybridized carbons (Fsp3) is 0.182. The molecule has 1 heterocycles. The first kappa shape index (κ1) is 21.1. The number of aromatic nitrogens is 3. The molecule has 0 unspecified atom stereocenters. The highest BCUT2D eigenvalue weighted by atomic mass is 32.2. The SMILES string of the molecule is C#Cc1cccc(NC(=O)CN(C)C(=O)CSc2nncn2-c2ccc(C)cc2)c1. The highest BCUT2D eigenvalue weighted by Gasteiger charge is 2.16. The van der Waals surface area contributed by atoms with Gasteiger partial charge in [-0.05, 0) is 37.3 Å². The molecule has 3 rings (SSSR count). The molecule has 0 spiro atoms. The standard InChI is InChI=1S/C22H21N5O2S/c1-4-17-6-5-7-18(12-17)24-20(28)13-26(3)21(29)14-30-22-25-23-15-27(22)19-10-8-16(2)9-11-19/h1,5-12,15H,13-14H2,2-3H3,(H,24,28). The molecular weight excluding hydrogens is 398 g/mol. The van der Waals surface area contributed by atoms with Crippen LogP contribution in [0.15, 0.2) is 60.0 Å². The van der Waals surface area contributed by atoms with E-state index < -0.39 is 0 Å². The Kier molecular flexibility index (Phi) is 6.88. The number of hydrogen-bond donors (Lipinski definition) is 1. The molecule has 1 N–H and O–H groups in total. The lowest BCUT2D eigenvalue weighted by molar-refractivity contribution is -0.131. The van der Waals surface area contributed by atoms with Crippen molar-refractivity contribution >= 4 is 29.3 Å². The number of nitrogens with one attached hydrogen (secondary N) is 1. The number of nitrogens with zero attached hydrogens (tertiary/aromatic N) is 4. The molecule has 0 radical (unpaired) electrons. The van der Waals surface area contributed by atoms with Crippen LogP contribution in [0.2, 0.25) is 0 Å². The Morgan fingerprint density at radius 1 is 1.23 bits per heavy atom. The zero-order valence-corrected chi connectivity index (χ0v) is 17.5. The largest absolute Gasteiger partial charge is 0.336 e. The summed E-state index contributed by atoms with van der Waals surface area (Å²) >= 11 is 1.27. The first-order chi connectivity index (χ1) is 14.5. The molecule has 0 bridgehead atoms. The van der Waals surface area contributed by atoms with Gasteiger partial charge in [0.1, 0.15) is 6.33 Å². The lowest BCUT2D eigenvalue weighted by Crippen LogP contribution is -2.36. The van der Waals surface area contributed by atoms with Gasteiger partial charge >= 0.3 is 0 Å². The first-order valence-electron chi connectivity index (χ1n) is 9.16. The topological polar surface area (TPSA) is 80.1 Å². The van der Waals surface area contributed by atoms with Gasteiger partial charge in [0.2, 0.25) is 11.8 Å². The second kappa shape index (κ2) is 9.76. The molecule has 8 heteroatoms. The van der Waals surface area contributed by atoms with Gasteiger partial charge in [0.05, 0.1) is 12.3 Å². The number of carbonyl (C=O) groups excluding carboxylic acids is 2. The quantitative estimate of drug-likeness (QED) is 0.471.